The molecule has 4 nitrogen and oxygen atoms in total. The first-order valence-corrected chi connectivity index (χ1v) is 5.46. The van der Waals surface area contributed by atoms with E-state index >= 15 is 0 Å². The first-order chi connectivity index (χ1) is 7.10. The Labute approximate surface area is 92.3 Å². The highest BCUT2D eigenvalue weighted by atomic mass is 16.2. The summed E-state index contributed by atoms with van der Waals surface area (Å²) in [5, 5.41) is 11.4. The van der Waals surface area contributed by atoms with Crippen LogP contribution in [0.2, 0.25) is 0 Å². The maximum absolute atomic E-state index is 11.4. The molecule has 0 aliphatic carbocycles. The Morgan fingerprint density at radius 1 is 1.53 bits per heavy atom. The summed E-state index contributed by atoms with van der Waals surface area (Å²) in [4.78, 5) is 13.2. The number of carbonyl (C=O) groups excluding carboxylic acids is 1. The van der Waals surface area contributed by atoms with Gasteiger partial charge in [-0.25, -0.2) is 0 Å². The van der Waals surface area contributed by atoms with Crippen LogP contribution in [-0.2, 0) is 4.79 Å². The summed E-state index contributed by atoms with van der Waals surface area (Å²) < 4.78 is 0. The van der Waals surface area contributed by atoms with Gasteiger partial charge in [-0.3, -0.25) is 9.69 Å². The van der Waals surface area contributed by atoms with Gasteiger partial charge in [-0.15, -0.1) is 0 Å². The zero-order valence-electron chi connectivity index (χ0n) is 9.92. The van der Waals surface area contributed by atoms with Gasteiger partial charge in [-0.05, 0) is 18.9 Å². The van der Waals surface area contributed by atoms with Crippen molar-refractivity contribution in [2.75, 3.05) is 26.2 Å². The molecular weight excluding hydrogens is 190 g/mol. The molecule has 0 fully saturated rings. The molecule has 0 spiro atoms. The van der Waals surface area contributed by atoms with Gasteiger partial charge in [0.05, 0.1) is 19.2 Å². The van der Waals surface area contributed by atoms with Crippen molar-refractivity contribution in [2.24, 2.45) is 5.92 Å². The summed E-state index contributed by atoms with van der Waals surface area (Å²) in [6.45, 7) is 8.28. The topological polar surface area (TPSA) is 56.1 Å². The van der Waals surface area contributed by atoms with Gasteiger partial charge in [-0.1, -0.05) is 20.8 Å². The van der Waals surface area contributed by atoms with Gasteiger partial charge >= 0.3 is 0 Å². The van der Waals surface area contributed by atoms with E-state index in [9.17, 15) is 4.79 Å². The number of nitrogens with one attached hydrogen (secondary N) is 1. The van der Waals surface area contributed by atoms with E-state index in [2.05, 4.69) is 19.2 Å². The maximum Gasteiger partial charge on any atom is 0.234 e. The summed E-state index contributed by atoms with van der Waals surface area (Å²) in [5.41, 5.74) is 0. The van der Waals surface area contributed by atoms with Gasteiger partial charge in [0.1, 0.15) is 0 Å². The quantitative estimate of drug-likeness (QED) is 0.639. The molecule has 1 amide bonds. The molecular formula is C11H21N3O. The SMILES string of the molecule is CCN(CC#N)CC(=O)NCCC(C)C. The second-order valence-electron chi connectivity index (χ2n) is 3.99. The zero-order valence-corrected chi connectivity index (χ0v) is 9.92. The number of hydrogen-bond donors (Lipinski definition) is 1. The minimum Gasteiger partial charge on any atom is -0.355 e. The Bertz CT molecular complexity index is 220. The highest BCUT2D eigenvalue weighted by Crippen LogP contribution is 1.96. The second-order valence-corrected chi connectivity index (χ2v) is 3.99. The van der Waals surface area contributed by atoms with Crippen molar-refractivity contribution >= 4 is 5.91 Å². The molecule has 0 aromatic heterocycles. The van der Waals surface area contributed by atoms with E-state index in [4.69, 9.17) is 5.26 Å². The van der Waals surface area contributed by atoms with Crippen LogP contribution >= 0.6 is 0 Å². The lowest BCUT2D eigenvalue weighted by Gasteiger charge is -2.16. The molecule has 0 aromatic rings. The molecule has 0 rings (SSSR count). The molecule has 0 radical (unpaired) electrons. The number of carbonyl (C=O) groups is 1. The summed E-state index contributed by atoms with van der Waals surface area (Å²) in [5.74, 6) is 0.611. The van der Waals surface area contributed by atoms with Crippen LogP contribution in [0.1, 0.15) is 27.2 Å². The fraction of sp³-hybridized carbons (Fsp3) is 0.818. The van der Waals surface area contributed by atoms with Crippen LogP contribution in [0.5, 0.6) is 0 Å². The lowest BCUT2D eigenvalue weighted by Crippen LogP contribution is -2.37. The van der Waals surface area contributed by atoms with E-state index in [1.165, 1.54) is 0 Å². The molecule has 0 aliphatic heterocycles. The van der Waals surface area contributed by atoms with Crippen molar-refractivity contribution in [3.8, 4) is 6.07 Å². The number of likely N-dealkylation sites (N-methyl/N-ethyl adjacent to an activating group) is 1. The van der Waals surface area contributed by atoms with Crippen LogP contribution in [0.25, 0.3) is 0 Å². The Kier molecular flexibility index (Phi) is 7.65. The highest BCUT2D eigenvalue weighted by molar-refractivity contribution is 5.77. The first kappa shape index (κ1) is 13.9. The van der Waals surface area contributed by atoms with Crippen LogP contribution in [0.15, 0.2) is 0 Å². The number of nitriles is 1. The largest absolute Gasteiger partial charge is 0.355 e. The van der Waals surface area contributed by atoms with Gasteiger partial charge in [-0.2, -0.15) is 5.26 Å². The average Bonchev–Trinajstić information content (AvgIpc) is 2.16. The molecule has 0 atom stereocenters. The molecule has 86 valence electrons. The Morgan fingerprint density at radius 3 is 2.67 bits per heavy atom. The van der Waals surface area contributed by atoms with Crippen LogP contribution in [0, 0.1) is 17.2 Å². The number of nitrogens with zero attached hydrogens (tertiary/aromatic N) is 2. The first-order valence-electron chi connectivity index (χ1n) is 5.46. The minimum atomic E-state index is 0.00718. The van der Waals surface area contributed by atoms with Crippen LogP contribution in [-0.4, -0.2) is 37.0 Å². The third-order valence-electron chi connectivity index (χ3n) is 2.15. The molecule has 0 saturated heterocycles. The van der Waals surface area contributed by atoms with Gasteiger partial charge < -0.3 is 5.32 Å². The second kappa shape index (κ2) is 8.25. The molecule has 4 heteroatoms. The Hall–Kier alpha value is -1.08. The molecule has 0 saturated carbocycles. The maximum atomic E-state index is 11.4. The zero-order chi connectivity index (χ0) is 11.7. The Morgan fingerprint density at radius 2 is 2.20 bits per heavy atom. The summed E-state index contributed by atoms with van der Waals surface area (Å²) in [6, 6.07) is 2.04. The van der Waals surface area contributed by atoms with Crippen molar-refractivity contribution in [1.82, 2.24) is 10.2 Å². The predicted octanol–water partition coefficient (Wildman–Crippen LogP) is 0.994. The summed E-state index contributed by atoms with van der Waals surface area (Å²) >= 11 is 0. The summed E-state index contributed by atoms with van der Waals surface area (Å²) in [7, 11) is 0. The number of amides is 1. The van der Waals surface area contributed by atoms with Gasteiger partial charge in [0.2, 0.25) is 5.91 Å². The Balaban J connectivity index is 3.67. The van der Waals surface area contributed by atoms with Gasteiger partial charge in [0.15, 0.2) is 0 Å². The van der Waals surface area contributed by atoms with Crippen molar-refractivity contribution in [3.63, 3.8) is 0 Å². The standard InChI is InChI=1S/C11H21N3O/c1-4-14(8-6-12)9-11(15)13-7-5-10(2)3/h10H,4-5,7-9H2,1-3H3,(H,13,15). The van der Waals surface area contributed by atoms with Crippen molar-refractivity contribution in [3.05, 3.63) is 0 Å². The fourth-order valence-corrected chi connectivity index (χ4v) is 1.14. The monoisotopic (exact) mass is 211 g/mol. The van der Waals surface area contributed by atoms with E-state index in [1.54, 1.807) is 0 Å². The van der Waals surface area contributed by atoms with Crippen molar-refractivity contribution in [1.29, 1.82) is 5.26 Å². The third kappa shape index (κ3) is 7.95. The molecule has 0 aromatic carbocycles. The van der Waals surface area contributed by atoms with Crippen LogP contribution < -0.4 is 5.32 Å². The average molecular weight is 211 g/mol. The highest BCUT2D eigenvalue weighted by Gasteiger charge is 2.07. The van der Waals surface area contributed by atoms with Gasteiger partial charge in [0, 0.05) is 6.54 Å². The van der Waals surface area contributed by atoms with Gasteiger partial charge in [0.25, 0.3) is 0 Å². The number of rotatable bonds is 7. The lowest BCUT2D eigenvalue weighted by atomic mass is 10.1. The van der Waals surface area contributed by atoms with Crippen LogP contribution in [0.4, 0.5) is 0 Å². The van der Waals surface area contributed by atoms with Crippen molar-refractivity contribution in [2.45, 2.75) is 27.2 Å². The smallest absolute Gasteiger partial charge is 0.234 e. The molecule has 1 N–H and O–H groups in total. The van der Waals surface area contributed by atoms with Crippen molar-refractivity contribution < 1.29 is 4.79 Å². The normalized spacial score (nSPS) is 10.4. The minimum absolute atomic E-state index is 0.00718. The molecule has 0 unspecified atom stereocenters. The molecule has 0 aliphatic rings. The summed E-state index contributed by atoms with van der Waals surface area (Å²) in [6.07, 6.45) is 0.996. The molecule has 0 heterocycles. The third-order valence-corrected chi connectivity index (χ3v) is 2.15. The van der Waals surface area contributed by atoms with E-state index in [-0.39, 0.29) is 5.91 Å². The van der Waals surface area contributed by atoms with E-state index in [0.717, 1.165) is 19.5 Å². The van der Waals surface area contributed by atoms with Crippen LogP contribution in [0.3, 0.4) is 0 Å². The van der Waals surface area contributed by atoms with E-state index in [1.807, 2.05) is 17.9 Å². The predicted molar refractivity (Wildman–Crippen MR) is 60.2 cm³/mol. The number of hydrogen-bond acceptors (Lipinski definition) is 3. The molecule has 0 bridgehead atoms. The fourth-order valence-electron chi connectivity index (χ4n) is 1.14. The molecule has 15 heavy (non-hydrogen) atoms. The van der Waals surface area contributed by atoms with E-state index < -0.39 is 0 Å². The lowest BCUT2D eigenvalue weighted by molar-refractivity contribution is -0.122. The van der Waals surface area contributed by atoms with E-state index in [0.29, 0.717) is 19.0 Å².